The number of halogens is 2. The standard InChI is InChI=1S/C10H14N2O.2ClH/c1-2-7-5-8-9(11)3-4-13-10(8)12-6-7;;/h5-6,9H,2-4,11H2,1H3;2*1H. The van der Waals surface area contributed by atoms with Crippen molar-refractivity contribution >= 4 is 24.8 Å². The summed E-state index contributed by atoms with van der Waals surface area (Å²) in [6, 6.07) is 2.20. The first-order valence-electron chi connectivity index (χ1n) is 4.68. The summed E-state index contributed by atoms with van der Waals surface area (Å²) in [5, 5.41) is 0. The molecule has 5 heteroatoms. The predicted octanol–water partition coefficient (Wildman–Crippen LogP) is 2.27. The smallest absolute Gasteiger partial charge is 0.218 e. The number of aryl methyl sites for hydroxylation is 1. The van der Waals surface area contributed by atoms with Crippen molar-refractivity contribution in [3.63, 3.8) is 0 Å². The van der Waals surface area contributed by atoms with Crippen LogP contribution in [-0.2, 0) is 6.42 Å². The minimum atomic E-state index is 0. The Labute approximate surface area is 102 Å². The van der Waals surface area contributed by atoms with Crippen LogP contribution in [0.3, 0.4) is 0 Å². The average molecular weight is 251 g/mol. The molecule has 0 amide bonds. The molecule has 0 aromatic carbocycles. The molecule has 0 bridgehead atoms. The normalized spacial score (nSPS) is 17.9. The van der Waals surface area contributed by atoms with E-state index in [0.29, 0.717) is 6.61 Å². The third-order valence-electron chi connectivity index (χ3n) is 2.41. The molecule has 0 fully saturated rings. The van der Waals surface area contributed by atoms with Crippen molar-refractivity contribution < 1.29 is 4.74 Å². The molecule has 1 aromatic rings. The average Bonchev–Trinajstić information content (AvgIpc) is 2.18. The van der Waals surface area contributed by atoms with Gasteiger partial charge >= 0.3 is 0 Å². The highest BCUT2D eigenvalue weighted by Gasteiger charge is 2.18. The molecule has 0 radical (unpaired) electrons. The lowest BCUT2D eigenvalue weighted by Gasteiger charge is -2.22. The molecule has 15 heavy (non-hydrogen) atoms. The van der Waals surface area contributed by atoms with Gasteiger partial charge in [0.2, 0.25) is 5.88 Å². The van der Waals surface area contributed by atoms with E-state index in [9.17, 15) is 0 Å². The van der Waals surface area contributed by atoms with Gasteiger partial charge in [-0.15, -0.1) is 24.8 Å². The summed E-state index contributed by atoms with van der Waals surface area (Å²) in [7, 11) is 0. The molecule has 1 aliphatic heterocycles. The molecule has 0 saturated heterocycles. The largest absolute Gasteiger partial charge is 0.477 e. The molecule has 0 spiro atoms. The van der Waals surface area contributed by atoms with E-state index in [4.69, 9.17) is 10.5 Å². The number of aromatic nitrogens is 1. The van der Waals surface area contributed by atoms with Crippen molar-refractivity contribution in [2.24, 2.45) is 5.73 Å². The van der Waals surface area contributed by atoms with E-state index in [0.717, 1.165) is 24.3 Å². The minimum Gasteiger partial charge on any atom is -0.477 e. The number of ether oxygens (including phenoxy) is 1. The van der Waals surface area contributed by atoms with Gasteiger partial charge in [0.25, 0.3) is 0 Å². The first-order chi connectivity index (χ1) is 6.31. The van der Waals surface area contributed by atoms with E-state index < -0.39 is 0 Å². The lowest BCUT2D eigenvalue weighted by molar-refractivity contribution is 0.257. The van der Waals surface area contributed by atoms with Crippen LogP contribution in [0.1, 0.15) is 30.5 Å². The van der Waals surface area contributed by atoms with Crippen LogP contribution in [0.4, 0.5) is 0 Å². The van der Waals surface area contributed by atoms with Gasteiger partial charge in [-0.3, -0.25) is 0 Å². The van der Waals surface area contributed by atoms with Gasteiger partial charge in [0.05, 0.1) is 6.61 Å². The van der Waals surface area contributed by atoms with Gasteiger partial charge in [0.15, 0.2) is 0 Å². The maximum atomic E-state index is 5.95. The Morgan fingerprint density at radius 3 is 2.93 bits per heavy atom. The molecule has 1 atom stereocenters. The maximum Gasteiger partial charge on any atom is 0.218 e. The Kier molecular flexibility index (Phi) is 5.95. The van der Waals surface area contributed by atoms with Crippen LogP contribution in [-0.4, -0.2) is 11.6 Å². The summed E-state index contributed by atoms with van der Waals surface area (Å²) < 4.78 is 5.40. The molecule has 3 nitrogen and oxygen atoms in total. The molecule has 1 aliphatic rings. The van der Waals surface area contributed by atoms with Crippen molar-refractivity contribution in [2.45, 2.75) is 25.8 Å². The van der Waals surface area contributed by atoms with Crippen LogP contribution in [0.25, 0.3) is 0 Å². The molecule has 1 unspecified atom stereocenters. The second-order valence-electron chi connectivity index (χ2n) is 3.34. The fourth-order valence-electron chi connectivity index (χ4n) is 1.53. The molecule has 2 heterocycles. The fourth-order valence-corrected chi connectivity index (χ4v) is 1.53. The predicted molar refractivity (Wildman–Crippen MR) is 65.2 cm³/mol. The van der Waals surface area contributed by atoms with Crippen LogP contribution in [0.2, 0.25) is 0 Å². The van der Waals surface area contributed by atoms with Gasteiger partial charge in [-0.1, -0.05) is 6.92 Å². The molecular weight excluding hydrogens is 235 g/mol. The number of hydrogen-bond donors (Lipinski definition) is 1. The Morgan fingerprint density at radius 2 is 2.27 bits per heavy atom. The zero-order valence-corrected chi connectivity index (χ0v) is 10.2. The fraction of sp³-hybridized carbons (Fsp3) is 0.500. The molecular formula is C10H16Cl2N2O. The number of hydrogen-bond acceptors (Lipinski definition) is 3. The van der Waals surface area contributed by atoms with Gasteiger partial charge in [-0.05, 0) is 18.1 Å². The SMILES string of the molecule is CCc1cnc2c(c1)C(N)CCO2.Cl.Cl. The minimum absolute atomic E-state index is 0. The lowest BCUT2D eigenvalue weighted by Crippen LogP contribution is -2.21. The molecule has 0 aliphatic carbocycles. The molecule has 0 saturated carbocycles. The van der Waals surface area contributed by atoms with Gasteiger partial charge in [-0.2, -0.15) is 0 Å². The molecule has 2 rings (SSSR count). The van der Waals surface area contributed by atoms with Crippen molar-refractivity contribution in [3.05, 3.63) is 23.4 Å². The first-order valence-corrected chi connectivity index (χ1v) is 4.68. The van der Waals surface area contributed by atoms with Crippen LogP contribution < -0.4 is 10.5 Å². The highest BCUT2D eigenvalue weighted by atomic mass is 35.5. The summed E-state index contributed by atoms with van der Waals surface area (Å²) in [4.78, 5) is 4.24. The second kappa shape index (κ2) is 6.16. The van der Waals surface area contributed by atoms with E-state index >= 15 is 0 Å². The third kappa shape index (κ3) is 2.97. The summed E-state index contributed by atoms with van der Waals surface area (Å²) in [6.45, 7) is 2.80. The van der Waals surface area contributed by atoms with Crippen LogP contribution in [0, 0.1) is 0 Å². The molecule has 2 N–H and O–H groups in total. The Morgan fingerprint density at radius 1 is 1.53 bits per heavy atom. The number of rotatable bonds is 1. The van der Waals surface area contributed by atoms with E-state index in [1.807, 2.05) is 6.20 Å². The van der Waals surface area contributed by atoms with Gasteiger partial charge in [0, 0.05) is 24.2 Å². The van der Waals surface area contributed by atoms with Crippen molar-refractivity contribution in [2.75, 3.05) is 6.61 Å². The van der Waals surface area contributed by atoms with Crippen molar-refractivity contribution in [1.29, 1.82) is 0 Å². The quantitative estimate of drug-likeness (QED) is 0.832. The van der Waals surface area contributed by atoms with E-state index in [-0.39, 0.29) is 30.9 Å². The number of fused-ring (bicyclic) bond motifs is 1. The summed E-state index contributed by atoms with van der Waals surface area (Å²) in [5.74, 6) is 0.718. The van der Waals surface area contributed by atoms with E-state index in [1.54, 1.807) is 0 Å². The number of nitrogens with zero attached hydrogens (tertiary/aromatic N) is 1. The summed E-state index contributed by atoms with van der Waals surface area (Å²) in [5.41, 5.74) is 8.23. The Balaban J connectivity index is 0.000000980. The van der Waals surface area contributed by atoms with Gasteiger partial charge < -0.3 is 10.5 Å². The highest BCUT2D eigenvalue weighted by Crippen LogP contribution is 2.28. The Bertz CT molecular complexity index is 320. The summed E-state index contributed by atoms with van der Waals surface area (Å²) >= 11 is 0. The zero-order chi connectivity index (χ0) is 9.26. The topological polar surface area (TPSA) is 48.1 Å². The second-order valence-corrected chi connectivity index (χ2v) is 3.34. The number of nitrogens with two attached hydrogens (primary N) is 1. The van der Waals surface area contributed by atoms with E-state index in [2.05, 4.69) is 18.0 Å². The number of pyridine rings is 1. The van der Waals surface area contributed by atoms with Gasteiger partial charge in [-0.25, -0.2) is 4.98 Å². The van der Waals surface area contributed by atoms with Crippen molar-refractivity contribution in [1.82, 2.24) is 4.98 Å². The first kappa shape index (κ1) is 14.5. The lowest BCUT2D eigenvalue weighted by atomic mass is 10.0. The maximum absolute atomic E-state index is 5.95. The zero-order valence-electron chi connectivity index (χ0n) is 8.60. The molecule has 86 valence electrons. The van der Waals surface area contributed by atoms with E-state index in [1.165, 1.54) is 5.56 Å². The highest BCUT2D eigenvalue weighted by molar-refractivity contribution is 5.85. The van der Waals surface area contributed by atoms with Crippen LogP contribution in [0.5, 0.6) is 5.88 Å². The third-order valence-corrected chi connectivity index (χ3v) is 2.41. The van der Waals surface area contributed by atoms with Gasteiger partial charge in [0.1, 0.15) is 0 Å². The van der Waals surface area contributed by atoms with Crippen LogP contribution in [0.15, 0.2) is 12.3 Å². The van der Waals surface area contributed by atoms with Crippen LogP contribution >= 0.6 is 24.8 Å². The summed E-state index contributed by atoms with van der Waals surface area (Å²) in [6.07, 6.45) is 3.74. The Hall–Kier alpha value is -0.510. The monoisotopic (exact) mass is 250 g/mol. The van der Waals surface area contributed by atoms with Crippen molar-refractivity contribution in [3.8, 4) is 5.88 Å². The molecule has 1 aromatic heterocycles.